The number of nitrogens with zero attached hydrogens (tertiary/aromatic N) is 1. The predicted molar refractivity (Wildman–Crippen MR) is 85.8 cm³/mol. The largest absolute Gasteiger partial charge is 0.379 e. The first-order chi connectivity index (χ1) is 9.97. The molecule has 8 heteroatoms. The quantitative estimate of drug-likeness (QED) is 0.603. The molecule has 0 saturated carbocycles. The van der Waals surface area contributed by atoms with Crippen molar-refractivity contribution in [1.82, 2.24) is 0 Å². The minimum Gasteiger partial charge on any atom is -0.379 e. The molecule has 2 aromatic rings. The van der Waals surface area contributed by atoms with Crippen molar-refractivity contribution in [3.05, 3.63) is 54.7 Å². The summed E-state index contributed by atoms with van der Waals surface area (Å²) < 4.78 is 1.04. The molecular formula is C13H12BrN3O3S. The van der Waals surface area contributed by atoms with E-state index in [2.05, 4.69) is 21.2 Å². The fourth-order valence-corrected chi connectivity index (χ4v) is 3.28. The van der Waals surface area contributed by atoms with E-state index in [0.717, 1.165) is 15.1 Å². The van der Waals surface area contributed by atoms with Crippen molar-refractivity contribution in [3.63, 3.8) is 0 Å². The van der Waals surface area contributed by atoms with Crippen LogP contribution in [0.2, 0.25) is 0 Å². The summed E-state index contributed by atoms with van der Waals surface area (Å²) in [5.74, 6) is -0.616. The smallest absolute Gasteiger partial charge is 0.292 e. The van der Waals surface area contributed by atoms with Gasteiger partial charge in [0.2, 0.25) is 5.91 Å². The number of carbonyl (C=O) groups excluding carboxylic acids is 1. The van der Waals surface area contributed by atoms with E-state index in [1.165, 1.54) is 18.2 Å². The van der Waals surface area contributed by atoms with Gasteiger partial charge >= 0.3 is 0 Å². The number of nitro benzene ring substituents is 1. The summed E-state index contributed by atoms with van der Waals surface area (Å²) in [5, 5.41) is 14.0. The van der Waals surface area contributed by atoms with Crippen molar-refractivity contribution in [2.75, 3.05) is 11.9 Å². The van der Waals surface area contributed by atoms with E-state index in [1.807, 2.05) is 12.1 Å². The number of nitrogens with two attached hydrogens (primary N) is 1. The normalized spacial score (nSPS) is 10.3. The van der Waals surface area contributed by atoms with Gasteiger partial charge in [-0.1, -0.05) is 0 Å². The lowest BCUT2D eigenvalue weighted by Crippen LogP contribution is -2.13. The van der Waals surface area contributed by atoms with E-state index in [-0.39, 0.29) is 11.3 Å². The first kappa shape index (κ1) is 15.5. The minimum atomic E-state index is -0.616. The Balaban J connectivity index is 2.11. The van der Waals surface area contributed by atoms with Crippen LogP contribution in [0.1, 0.15) is 15.2 Å². The maximum Gasteiger partial charge on any atom is 0.292 e. The lowest BCUT2D eigenvalue weighted by atomic mass is 10.1. The van der Waals surface area contributed by atoms with Crippen molar-refractivity contribution in [2.45, 2.75) is 6.42 Å². The Hall–Kier alpha value is -1.93. The first-order valence-corrected chi connectivity index (χ1v) is 7.64. The van der Waals surface area contributed by atoms with Gasteiger partial charge in [-0.25, -0.2) is 0 Å². The zero-order chi connectivity index (χ0) is 15.4. The number of carbonyl (C=O) groups is 1. The molecule has 1 aromatic heterocycles. The monoisotopic (exact) mass is 369 g/mol. The molecule has 2 rings (SSSR count). The zero-order valence-corrected chi connectivity index (χ0v) is 13.2. The molecule has 0 radical (unpaired) electrons. The van der Waals surface area contributed by atoms with Crippen LogP contribution in [0, 0.1) is 10.1 Å². The van der Waals surface area contributed by atoms with Crippen LogP contribution in [-0.4, -0.2) is 17.4 Å². The maximum absolute atomic E-state index is 11.2. The van der Waals surface area contributed by atoms with Gasteiger partial charge in [0.1, 0.15) is 5.69 Å². The summed E-state index contributed by atoms with van der Waals surface area (Å²) in [7, 11) is 0. The lowest BCUT2D eigenvalue weighted by Gasteiger charge is -2.07. The molecule has 0 bridgehead atoms. The van der Waals surface area contributed by atoms with Crippen LogP contribution in [0.5, 0.6) is 0 Å². The third kappa shape index (κ3) is 4.02. The second-order valence-electron chi connectivity index (χ2n) is 4.24. The summed E-state index contributed by atoms with van der Waals surface area (Å²) >= 11 is 4.99. The highest BCUT2D eigenvalue weighted by atomic mass is 79.9. The molecule has 3 N–H and O–H groups in total. The van der Waals surface area contributed by atoms with Crippen molar-refractivity contribution < 1.29 is 9.72 Å². The predicted octanol–water partition coefficient (Wildman–Crippen LogP) is 3.17. The van der Waals surface area contributed by atoms with Crippen molar-refractivity contribution >= 4 is 44.5 Å². The zero-order valence-electron chi connectivity index (χ0n) is 10.8. The fourth-order valence-electron chi connectivity index (χ4n) is 1.80. The number of hydrogen-bond acceptors (Lipinski definition) is 5. The van der Waals surface area contributed by atoms with E-state index in [4.69, 9.17) is 5.73 Å². The van der Waals surface area contributed by atoms with Crippen LogP contribution >= 0.6 is 27.3 Å². The number of nitro groups is 1. The molecule has 6 nitrogen and oxygen atoms in total. The summed E-state index contributed by atoms with van der Waals surface area (Å²) in [4.78, 5) is 22.8. The fraction of sp³-hybridized carbons (Fsp3) is 0.154. The van der Waals surface area contributed by atoms with Crippen LogP contribution in [-0.2, 0) is 6.42 Å². The molecule has 0 aliphatic heterocycles. The molecule has 21 heavy (non-hydrogen) atoms. The average Bonchev–Trinajstić information content (AvgIpc) is 2.84. The number of anilines is 1. The summed E-state index contributed by atoms with van der Waals surface area (Å²) in [6, 6.07) is 7.98. The Labute approximate surface area is 133 Å². The summed E-state index contributed by atoms with van der Waals surface area (Å²) in [6.07, 6.45) is 0.730. The molecule has 0 saturated heterocycles. The Bertz CT molecular complexity index is 687. The highest BCUT2D eigenvalue weighted by Gasteiger charge is 2.15. The molecule has 0 aliphatic carbocycles. The molecule has 1 aromatic carbocycles. The van der Waals surface area contributed by atoms with Gasteiger partial charge in [0, 0.05) is 23.1 Å². The number of hydrogen-bond donors (Lipinski definition) is 2. The number of halogens is 1. The second kappa shape index (κ2) is 6.68. The van der Waals surface area contributed by atoms with Gasteiger partial charge in [-0.05, 0) is 46.6 Å². The Morgan fingerprint density at radius 3 is 2.71 bits per heavy atom. The first-order valence-electron chi connectivity index (χ1n) is 6.03. The summed E-state index contributed by atoms with van der Waals surface area (Å²) in [5.41, 5.74) is 5.65. The third-order valence-electron chi connectivity index (χ3n) is 2.79. The number of nitrogens with one attached hydrogen (secondary N) is 1. The van der Waals surface area contributed by atoms with E-state index in [9.17, 15) is 14.9 Å². The molecular weight excluding hydrogens is 358 g/mol. The highest BCUT2D eigenvalue weighted by molar-refractivity contribution is 9.11. The van der Waals surface area contributed by atoms with E-state index >= 15 is 0 Å². The number of primary amides is 1. The van der Waals surface area contributed by atoms with Crippen molar-refractivity contribution in [2.24, 2.45) is 5.73 Å². The van der Waals surface area contributed by atoms with Gasteiger partial charge in [-0.2, -0.15) is 0 Å². The van der Waals surface area contributed by atoms with Gasteiger partial charge in [0.15, 0.2) is 0 Å². The standard InChI is InChI=1S/C13H12BrN3O3S/c14-12-4-2-9(21-12)5-6-16-10-7-8(13(15)18)1-3-11(10)17(19)20/h1-4,7,16H,5-6H2,(H2,15,18). The molecule has 0 unspecified atom stereocenters. The summed E-state index contributed by atoms with van der Waals surface area (Å²) in [6.45, 7) is 0.524. The average molecular weight is 370 g/mol. The second-order valence-corrected chi connectivity index (χ2v) is 6.78. The molecule has 1 heterocycles. The van der Waals surface area contributed by atoms with Crippen LogP contribution in [0.25, 0.3) is 0 Å². The molecule has 1 amide bonds. The molecule has 0 spiro atoms. The van der Waals surface area contributed by atoms with Gasteiger partial charge in [-0.3, -0.25) is 14.9 Å². The topological polar surface area (TPSA) is 98.3 Å². The highest BCUT2D eigenvalue weighted by Crippen LogP contribution is 2.26. The van der Waals surface area contributed by atoms with Crippen molar-refractivity contribution in [3.8, 4) is 0 Å². The van der Waals surface area contributed by atoms with Crippen LogP contribution in [0.4, 0.5) is 11.4 Å². The molecule has 110 valence electrons. The Morgan fingerprint density at radius 1 is 1.38 bits per heavy atom. The van der Waals surface area contributed by atoms with Crippen LogP contribution in [0.15, 0.2) is 34.1 Å². The van der Waals surface area contributed by atoms with Gasteiger partial charge in [0.05, 0.1) is 8.71 Å². The van der Waals surface area contributed by atoms with Crippen LogP contribution in [0.3, 0.4) is 0 Å². The molecule has 0 aliphatic rings. The maximum atomic E-state index is 11.2. The van der Waals surface area contributed by atoms with Gasteiger partial charge in [-0.15, -0.1) is 11.3 Å². The van der Waals surface area contributed by atoms with E-state index < -0.39 is 10.8 Å². The Kier molecular flexibility index (Phi) is 4.92. The molecule has 0 atom stereocenters. The lowest BCUT2D eigenvalue weighted by molar-refractivity contribution is -0.384. The van der Waals surface area contributed by atoms with E-state index in [1.54, 1.807) is 11.3 Å². The Morgan fingerprint density at radius 2 is 2.14 bits per heavy atom. The third-order valence-corrected chi connectivity index (χ3v) is 4.48. The SMILES string of the molecule is NC(=O)c1ccc([N+](=O)[O-])c(NCCc2ccc(Br)s2)c1. The van der Waals surface area contributed by atoms with Gasteiger partial charge < -0.3 is 11.1 Å². The molecule has 0 fully saturated rings. The van der Waals surface area contributed by atoms with Gasteiger partial charge in [0.25, 0.3) is 5.69 Å². The van der Waals surface area contributed by atoms with E-state index in [0.29, 0.717) is 12.2 Å². The number of benzene rings is 1. The van der Waals surface area contributed by atoms with Crippen molar-refractivity contribution in [1.29, 1.82) is 0 Å². The number of thiophene rings is 1. The number of amides is 1. The minimum absolute atomic E-state index is 0.0765. The number of rotatable bonds is 6. The van der Waals surface area contributed by atoms with Crippen LogP contribution < -0.4 is 11.1 Å².